The molecule has 2 rings (SSSR count). The normalized spacial score (nSPS) is 28.2. The summed E-state index contributed by atoms with van der Waals surface area (Å²) in [7, 11) is 0. The molecule has 0 bridgehead atoms. The maximum Gasteiger partial charge on any atom is 0.226 e. The summed E-state index contributed by atoms with van der Waals surface area (Å²) in [5, 5.41) is 3.34. The van der Waals surface area contributed by atoms with Gasteiger partial charge in [0.1, 0.15) is 0 Å². The molecular formula is C13H24N2O. The molecule has 1 atom stereocenters. The summed E-state index contributed by atoms with van der Waals surface area (Å²) in [6.45, 7) is 3.98. The minimum atomic E-state index is 0.258. The van der Waals surface area contributed by atoms with Gasteiger partial charge in [0.15, 0.2) is 0 Å². The van der Waals surface area contributed by atoms with Crippen molar-refractivity contribution < 1.29 is 4.79 Å². The third kappa shape index (κ3) is 3.21. The molecule has 0 unspecified atom stereocenters. The molecule has 0 saturated carbocycles. The van der Waals surface area contributed by atoms with E-state index in [-0.39, 0.29) is 5.92 Å². The van der Waals surface area contributed by atoms with Crippen LogP contribution < -0.4 is 5.32 Å². The lowest BCUT2D eigenvalue weighted by atomic mass is 9.97. The average molecular weight is 224 g/mol. The van der Waals surface area contributed by atoms with Crippen molar-refractivity contribution in [3.05, 3.63) is 0 Å². The van der Waals surface area contributed by atoms with E-state index in [1.54, 1.807) is 0 Å². The molecule has 0 aromatic rings. The molecule has 16 heavy (non-hydrogen) atoms. The van der Waals surface area contributed by atoms with Crippen molar-refractivity contribution in [3.63, 3.8) is 0 Å². The van der Waals surface area contributed by atoms with E-state index in [1.807, 2.05) is 0 Å². The highest BCUT2D eigenvalue weighted by atomic mass is 16.2. The molecule has 92 valence electrons. The Labute approximate surface area is 98.6 Å². The van der Waals surface area contributed by atoms with Gasteiger partial charge < -0.3 is 10.2 Å². The smallest absolute Gasteiger partial charge is 0.226 e. The minimum absolute atomic E-state index is 0.258. The maximum atomic E-state index is 12.3. The Hall–Kier alpha value is -0.570. The largest absolute Gasteiger partial charge is 0.342 e. The van der Waals surface area contributed by atoms with Crippen LogP contribution in [0.3, 0.4) is 0 Å². The van der Waals surface area contributed by atoms with E-state index in [2.05, 4.69) is 10.2 Å². The van der Waals surface area contributed by atoms with Crippen molar-refractivity contribution in [1.29, 1.82) is 0 Å². The van der Waals surface area contributed by atoms with Gasteiger partial charge in [0.25, 0.3) is 0 Å². The number of nitrogens with one attached hydrogen (secondary N) is 1. The standard InChI is InChI=1S/C13H24N2O/c16-13(12-7-6-8-14-11-12)15-9-4-2-1-3-5-10-15/h12,14H,1-11H2/t12-/m1/s1. The van der Waals surface area contributed by atoms with Crippen LogP contribution in [0.5, 0.6) is 0 Å². The number of nitrogens with zero attached hydrogens (tertiary/aromatic N) is 1. The van der Waals surface area contributed by atoms with Gasteiger partial charge in [-0.1, -0.05) is 19.3 Å². The molecule has 1 amide bonds. The van der Waals surface area contributed by atoms with Crippen molar-refractivity contribution in [3.8, 4) is 0 Å². The molecule has 2 aliphatic rings. The highest BCUT2D eigenvalue weighted by Gasteiger charge is 2.25. The topological polar surface area (TPSA) is 32.3 Å². The number of hydrogen-bond acceptors (Lipinski definition) is 2. The first kappa shape index (κ1) is 11.9. The fourth-order valence-electron chi connectivity index (χ4n) is 2.79. The maximum absolute atomic E-state index is 12.3. The van der Waals surface area contributed by atoms with Crippen LogP contribution in [0.2, 0.25) is 0 Å². The SMILES string of the molecule is O=C([C@@H]1CCCNC1)N1CCCCCCC1. The minimum Gasteiger partial charge on any atom is -0.342 e. The summed E-state index contributed by atoms with van der Waals surface area (Å²) in [5.74, 6) is 0.669. The molecule has 0 aromatic carbocycles. The van der Waals surface area contributed by atoms with Gasteiger partial charge >= 0.3 is 0 Å². The summed E-state index contributed by atoms with van der Waals surface area (Å²) in [5.41, 5.74) is 0. The molecule has 3 nitrogen and oxygen atoms in total. The molecule has 0 spiro atoms. The number of carbonyl (C=O) groups is 1. The monoisotopic (exact) mass is 224 g/mol. The third-order valence-corrected chi connectivity index (χ3v) is 3.81. The first-order valence-electron chi connectivity index (χ1n) is 6.87. The van der Waals surface area contributed by atoms with Crippen molar-refractivity contribution in [2.24, 2.45) is 5.92 Å². The second-order valence-corrected chi connectivity index (χ2v) is 5.14. The molecule has 0 radical (unpaired) electrons. The van der Waals surface area contributed by atoms with Crippen molar-refractivity contribution in [2.45, 2.75) is 44.9 Å². The van der Waals surface area contributed by atoms with Gasteiger partial charge in [0.05, 0.1) is 5.92 Å². The highest BCUT2D eigenvalue weighted by molar-refractivity contribution is 5.79. The number of likely N-dealkylation sites (tertiary alicyclic amines) is 1. The average Bonchev–Trinajstić information content (AvgIpc) is 2.29. The van der Waals surface area contributed by atoms with E-state index in [4.69, 9.17) is 0 Å². The number of carbonyl (C=O) groups excluding carboxylic acids is 1. The lowest BCUT2D eigenvalue weighted by Gasteiger charge is -2.30. The Morgan fingerprint density at radius 3 is 2.31 bits per heavy atom. The van der Waals surface area contributed by atoms with E-state index in [1.165, 1.54) is 32.1 Å². The van der Waals surface area contributed by atoms with Crippen LogP contribution in [0.15, 0.2) is 0 Å². The third-order valence-electron chi connectivity index (χ3n) is 3.81. The van der Waals surface area contributed by atoms with E-state index >= 15 is 0 Å². The van der Waals surface area contributed by atoms with Gasteiger partial charge in [-0.3, -0.25) is 4.79 Å². The summed E-state index contributed by atoms with van der Waals surface area (Å²) < 4.78 is 0. The zero-order valence-electron chi connectivity index (χ0n) is 10.2. The van der Waals surface area contributed by atoms with Gasteiger partial charge in [0.2, 0.25) is 5.91 Å². The Kier molecular flexibility index (Phi) is 4.64. The van der Waals surface area contributed by atoms with Crippen LogP contribution in [0.25, 0.3) is 0 Å². The Balaban J connectivity index is 1.85. The van der Waals surface area contributed by atoms with Crippen LogP contribution in [-0.2, 0) is 4.79 Å². The second-order valence-electron chi connectivity index (χ2n) is 5.14. The molecule has 1 N–H and O–H groups in total. The number of amides is 1. The molecule has 0 aromatic heterocycles. The summed E-state index contributed by atoms with van der Waals surface area (Å²) in [4.78, 5) is 14.4. The Bertz CT molecular complexity index is 216. The first-order chi connectivity index (χ1) is 7.88. The fraction of sp³-hybridized carbons (Fsp3) is 0.923. The molecule has 3 heteroatoms. The molecule has 2 heterocycles. The van der Waals surface area contributed by atoms with Gasteiger partial charge in [-0.2, -0.15) is 0 Å². The molecular weight excluding hydrogens is 200 g/mol. The quantitative estimate of drug-likeness (QED) is 0.736. The van der Waals surface area contributed by atoms with Crippen LogP contribution in [0, 0.1) is 5.92 Å². The van der Waals surface area contributed by atoms with E-state index < -0.39 is 0 Å². The zero-order chi connectivity index (χ0) is 11.2. The molecule has 2 aliphatic heterocycles. The highest BCUT2D eigenvalue weighted by Crippen LogP contribution is 2.17. The second kappa shape index (κ2) is 6.24. The lowest BCUT2D eigenvalue weighted by molar-refractivity contribution is -0.136. The predicted octanol–water partition coefficient (Wildman–Crippen LogP) is 1.78. The fourth-order valence-corrected chi connectivity index (χ4v) is 2.79. The van der Waals surface area contributed by atoms with Crippen molar-refractivity contribution in [2.75, 3.05) is 26.2 Å². The Morgan fingerprint density at radius 1 is 1.00 bits per heavy atom. The lowest BCUT2D eigenvalue weighted by Crippen LogP contribution is -2.44. The zero-order valence-corrected chi connectivity index (χ0v) is 10.2. The van der Waals surface area contributed by atoms with Gasteiger partial charge in [-0.25, -0.2) is 0 Å². The molecule has 2 fully saturated rings. The van der Waals surface area contributed by atoms with Gasteiger partial charge in [-0.15, -0.1) is 0 Å². The van der Waals surface area contributed by atoms with E-state index in [0.29, 0.717) is 5.91 Å². The van der Waals surface area contributed by atoms with Crippen molar-refractivity contribution in [1.82, 2.24) is 10.2 Å². The summed E-state index contributed by atoms with van der Waals surface area (Å²) in [6.07, 6.45) is 8.59. The van der Waals surface area contributed by atoms with Crippen LogP contribution in [0.4, 0.5) is 0 Å². The van der Waals surface area contributed by atoms with E-state index in [0.717, 1.165) is 39.0 Å². The van der Waals surface area contributed by atoms with Crippen LogP contribution in [-0.4, -0.2) is 37.0 Å². The summed E-state index contributed by atoms with van der Waals surface area (Å²) in [6, 6.07) is 0. The van der Waals surface area contributed by atoms with Crippen LogP contribution in [0.1, 0.15) is 44.9 Å². The molecule has 0 aliphatic carbocycles. The van der Waals surface area contributed by atoms with Gasteiger partial charge in [-0.05, 0) is 32.2 Å². The number of hydrogen-bond donors (Lipinski definition) is 1. The van der Waals surface area contributed by atoms with Gasteiger partial charge in [0, 0.05) is 19.6 Å². The number of piperidine rings is 1. The first-order valence-corrected chi connectivity index (χ1v) is 6.87. The van der Waals surface area contributed by atoms with Crippen LogP contribution >= 0.6 is 0 Å². The Morgan fingerprint density at radius 2 is 1.69 bits per heavy atom. The summed E-state index contributed by atoms with van der Waals surface area (Å²) >= 11 is 0. The molecule has 2 saturated heterocycles. The number of rotatable bonds is 1. The van der Waals surface area contributed by atoms with E-state index in [9.17, 15) is 4.79 Å². The predicted molar refractivity (Wildman–Crippen MR) is 65.3 cm³/mol. The van der Waals surface area contributed by atoms with Crippen molar-refractivity contribution >= 4 is 5.91 Å².